The van der Waals surface area contributed by atoms with Gasteiger partial charge in [0.15, 0.2) is 5.69 Å². The number of anilines is 2. The molecule has 0 aliphatic carbocycles. The molecule has 0 spiro atoms. The standard InChI is InChI=1S/C10H10FN5O/c1-16-5-7(12)9(15-16)10(17)14-6-2-3-8(11)13-4-6/h2-5H,12H2,1H3,(H,14,17). The van der Waals surface area contributed by atoms with Crippen LogP contribution in [0.15, 0.2) is 24.5 Å². The fourth-order valence-electron chi connectivity index (χ4n) is 1.32. The number of aromatic nitrogens is 3. The van der Waals surface area contributed by atoms with Gasteiger partial charge in [0, 0.05) is 13.2 Å². The fraction of sp³-hybridized carbons (Fsp3) is 0.100. The molecule has 0 unspecified atom stereocenters. The lowest BCUT2D eigenvalue weighted by atomic mass is 10.3. The monoisotopic (exact) mass is 235 g/mol. The van der Waals surface area contributed by atoms with Crippen molar-refractivity contribution < 1.29 is 9.18 Å². The van der Waals surface area contributed by atoms with Crippen molar-refractivity contribution in [3.63, 3.8) is 0 Å². The maximum atomic E-state index is 12.6. The third-order valence-electron chi connectivity index (χ3n) is 2.06. The van der Waals surface area contributed by atoms with Crippen molar-refractivity contribution >= 4 is 17.3 Å². The number of rotatable bonds is 2. The lowest BCUT2D eigenvalue weighted by Gasteiger charge is -2.02. The largest absolute Gasteiger partial charge is 0.396 e. The highest BCUT2D eigenvalue weighted by atomic mass is 19.1. The fourth-order valence-corrected chi connectivity index (χ4v) is 1.32. The van der Waals surface area contributed by atoms with Gasteiger partial charge in [-0.15, -0.1) is 0 Å². The summed E-state index contributed by atoms with van der Waals surface area (Å²) in [4.78, 5) is 15.2. The lowest BCUT2D eigenvalue weighted by Crippen LogP contribution is -2.14. The minimum atomic E-state index is -0.611. The van der Waals surface area contributed by atoms with Crippen molar-refractivity contribution in [3.8, 4) is 0 Å². The summed E-state index contributed by atoms with van der Waals surface area (Å²) >= 11 is 0. The van der Waals surface area contributed by atoms with E-state index < -0.39 is 11.9 Å². The van der Waals surface area contributed by atoms with Crippen LogP contribution in [0.4, 0.5) is 15.8 Å². The first-order valence-electron chi connectivity index (χ1n) is 4.78. The van der Waals surface area contributed by atoms with Gasteiger partial charge in [-0.2, -0.15) is 9.49 Å². The SMILES string of the molecule is Cn1cc(N)c(C(=O)Nc2ccc(F)nc2)n1. The molecule has 0 bridgehead atoms. The van der Waals surface area contributed by atoms with Crippen molar-refractivity contribution in [2.45, 2.75) is 0 Å². The number of halogens is 1. The van der Waals surface area contributed by atoms with E-state index in [1.165, 1.54) is 23.1 Å². The third kappa shape index (κ3) is 2.39. The Morgan fingerprint density at radius 2 is 2.29 bits per heavy atom. The molecule has 0 radical (unpaired) electrons. The summed E-state index contributed by atoms with van der Waals surface area (Å²) in [6.07, 6.45) is 2.74. The van der Waals surface area contributed by atoms with Gasteiger partial charge in [0.25, 0.3) is 5.91 Å². The maximum Gasteiger partial charge on any atom is 0.278 e. The van der Waals surface area contributed by atoms with Crippen LogP contribution in [0.5, 0.6) is 0 Å². The molecule has 0 aliphatic heterocycles. The molecule has 7 heteroatoms. The Bertz CT molecular complexity index is 548. The Balaban J connectivity index is 2.17. The molecule has 0 saturated heterocycles. The van der Waals surface area contributed by atoms with Crippen molar-refractivity contribution in [1.82, 2.24) is 14.8 Å². The molecule has 0 aromatic carbocycles. The number of nitrogens with two attached hydrogens (primary N) is 1. The molecule has 0 fully saturated rings. The molecule has 0 saturated carbocycles. The molecule has 17 heavy (non-hydrogen) atoms. The average molecular weight is 235 g/mol. The van der Waals surface area contributed by atoms with Crippen LogP contribution in [0.25, 0.3) is 0 Å². The predicted octanol–water partition coefficient (Wildman–Crippen LogP) is 0.789. The van der Waals surface area contributed by atoms with Gasteiger partial charge in [-0.3, -0.25) is 9.48 Å². The van der Waals surface area contributed by atoms with E-state index >= 15 is 0 Å². The summed E-state index contributed by atoms with van der Waals surface area (Å²) in [7, 11) is 1.66. The summed E-state index contributed by atoms with van der Waals surface area (Å²) in [6, 6.07) is 2.55. The molecule has 3 N–H and O–H groups in total. The Kier molecular flexibility index (Phi) is 2.73. The molecule has 2 aromatic rings. The van der Waals surface area contributed by atoms with E-state index in [9.17, 15) is 9.18 Å². The highest BCUT2D eigenvalue weighted by molar-refractivity contribution is 6.06. The molecular weight excluding hydrogens is 225 g/mol. The minimum absolute atomic E-state index is 0.122. The number of amides is 1. The average Bonchev–Trinajstić information content (AvgIpc) is 2.61. The van der Waals surface area contributed by atoms with E-state index in [0.717, 1.165) is 6.07 Å². The number of carbonyl (C=O) groups is 1. The van der Waals surface area contributed by atoms with Gasteiger partial charge < -0.3 is 11.1 Å². The van der Waals surface area contributed by atoms with Crippen LogP contribution in [0.2, 0.25) is 0 Å². The molecule has 6 nitrogen and oxygen atoms in total. The first kappa shape index (κ1) is 11.1. The normalized spacial score (nSPS) is 10.2. The number of hydrogen-bond donors (Lipinski definition) is 2. The van der Waals surface area contributed by atoms with Crippen molar-refractivity contribution in [3.05, 3.63) is 36.2 Å². The molecule has 2 aromatic heterocycles. The second-order valence-electron chi connectivity index (χ2n) is 3.43. The van der Waals surface area contributed by atoms with Gasteiger partial charge >= 0.3 is 0 Å². The third-order valence-corrected chi connectivity index (χ3v) is 2.06. The lowest BCUT2D eigenvalue weighted by molar-refractivity contribution is 0.102. The van der Waals surface area contributed by atoms with Gasteiger partial charge in [-0.1, -0.05) is 0 Å². The van der Waals surface area contributed by atoms with E-state index in [1.54, 1.807) is 7.05 Å². The van der Waals surface area contributed by atoms with Crippen molar-refractivity contribution in [2.75, 3.05) is 11.1 Å². The number of hydrogen-bond acceptors (Lipinski definition) is 4. The predicted molar refractivity (Wildman–Crippen MR) is 59.8 cm³/mol. The van der Waals surface area contributed by atoms with Crippen LogP contribution in [0, 0.1) is 5.95 Å². The zero-order valence-corrected chi connectivity index (χ0v) is 9.01. The van der Waals surface area contributed by atoms with Crippen LogP contribution in [-0.2, 0) is 7.05 Å². The first-order valence-corrected chi connectivity index (χ1v) is 4.78. The first-order chi connectivity index (χ1) is 8.06. The van der Waals surface area contributed by atoms with E-state index in [1.807, 2.05) is 0 Å². The van der Waals surface area contributed by atoms with Gasteiger partial charge in [0.2, 0.25) is 5.95 Å². The number of nitrogens with one attached hydrogen (secondary N) is 1. The molecule has 88 valence electrons. The Morgan fingerprint density at radius 3 is 2.82 bits per heavy atom. The van der Waals surface area contributed by atoms with Gasteiger partial charge in [-0.05, 0) is 12.1 Å². The number of carbonyl (C=O) groups excluding carboxylic acids is 1. The molecule has 0 aliphatic rings. The van der Waals surface area contributed by atoms with Gasteiger partial charge in [0.1, 0.15) is 0 Å². The van der Waals surface area contributed by atoms with Crippen molar-refractivity contribution in [2.24, 2.45) is 7.05 Å². The van der Waals surface area contributed by atoms with Crippen LogP contribution in [-0.4, -0.2) is 20.7 Å². The van der Waals surface area contributed by atoms with Crippen LogP contribution in [0.3, 0.4) is 0 Å². The highest BCUT2D eigenvalue weighted by Gasteiger charge is 2.14. The summed E-state index contributed by atoms with van der Waals surface area (Å²) in [5.41, 5.74) is 6.38. The number of nitrogen functional groups attached to an aromatic ring is 1. The summed E-state index contributed by atoms with van der Waals surface area (Å²) < 4.78 is 14.0. The van der Waals surface area contributed by atoms with E-state index in [4.69, 9.17) is 5.73 Å². The summed E-state index contributed by atoms with van der Waals surface area (Å²) in [5, 5.41) is 6.42. The number of nitrogens with zero attached hydrogens (tertiary/aromatic N) is 3. The summed E-state index contributed by atoms with van der Waals surface area (Å²) in [5.74, 6) is -1.07. The van der Waals surface area contributed by atoms with Crippen LogP contribution in [0.1, 0.15) is 10.5 Å². The molecule has 1 amide bonds. The quantitative estimate of drug-likeness (QED) is 0.753. The highest BCUT2D eigenvalue weighted by Crippen LogP contribution is 2.12. The van der Waals surface area contributed by atoms with E-state index in [0.29, 0.717) is 5.69 Å². The van der Waals surface area contributed by atoms with Crippen LogP contribution < -0.4 is 11.1 Å². The Morgan fingerprint density at radius 1 is 1.53 bits per heavy atom. The van der Waals surface area contributed by atoms with E-state index in [-0.39, 0.29) is 11.4 Å². The van der Waals surface area contributed by atoms with Gasteiger partial charge in [-0.25, -0.2) is 4.98 Å². The number of aryl methyl sites for hydroxylation is 1. The second-order valence-corrected chi connectivity index (χ2v) is 3.43. The maximum absolute atomic E-state index is 12.6. The Hall–Kier alpha value is -2.44. The molecule has 2 heterocycles. The topological polar surface area (TPSA) is 85.8 Å². The minimum Gasteiger partial charge on any atom is -0.396 e. The smallest absolute Gasteiger partial charge is 0.278 e. The zero-order valence-electron chi connectivity index (χ0n) is 9.01. The second kappa shape index (κ2) is 4.20. The molecule has 0 atom stereocenters. The molecular formula is C10H10FN5O. The van der Waals surface area contributed by atoms with Crippen molar-refractivity contribution in [1.29, 1.82) is 0 Å². The number of pyridine rings is 1. The van der Waals surface area contributed by atoms with E-state index in [2.05, 4.69) is 15.4 Å². The summed E-state index contributed by atoms with van der Waals surface area (Å²) in [6.45, 7) is 0. The van der Waals surface area contributed by atoms with Crippen LogP contribution >= 0.6 is 0 Å². The van der Waals surface area contributed by atoms with Gasteiger partial charge in [0.05, 0.1) is 17.6 Å². The zero-order chi connectivity index (χ0) is 12.4. The Labute approximate surface area is 96.3 Å². The molecule has 2 rings (SSSR count).